The number of nitrogens with two attached hydrogens (primary N) is 1. The van der Waals surface area contributed by atoms with Gasteiger partial charge in [-0.3, -0.25) is 9.48 Å². The molecule has 112 valence electrons. The number of carbonyl (C=O) groups is 1. The highest BCUT2D eigenvalue weighted by Crippen LogP contribution is 2.22. The second-order valence-electron chi connectivity index (χ2n) is 5.22. The topological polar surface area (TPSA) is 64.2 Å². The molecule has 5 heteroatoms. The number of carbonyl (C=O) groups excluding carboxylic acids is 1. The van der Waals surface area contributed by atoms with Crippen LogP contribution in [0.1, 0.15) is 35.1 Å². The third-order valence-electron chi connectivity index (χ3n) is 3.62. The lowest BCUT2D eigenvalue weighted by atomic mass is 10.1. The van der Waals surface area contributed by atoms with Crippen molar-refractivity contribution in [1.29, 1.82) is 0 Å². The van der Waals surface area contributed by atoms with Gasteiger partial charge in [0.2, 0.25) is 0 Å². The second kappa shape index (κ2) is 5.99. The third kappa shape index (κ3) is 2.91. The number of hydrogen-bond acceptors (Lipinski definition) is 3. The van der Waals surface area contributed by atoms with Crippen molar-refractivity contribution < 1.29 is 4.79 Å². The number of rotatable bonds is 4. The molecule has 0 fully saturated rings. The predicted octanol–water partition coefficient (Wildman–Crippen LogP) is 2.68. The molecular weight excluding hydrogens is 264 g/mol. The monoisotopic (exact) mass is 286 g/mol. The summed E-state index contributed by atoms with van der Waals surface area (Å²) in [7, 11) is 1.85. The fourth-order valence-electron chi connectivity index (χ4n) is 2.44. The lowest BCUT2D eigenvalue weighted by Gasteiger charge is -2.22. The number of amides is 1. The van der Waals surface area contributed by atoms with Crippen LogP contribution in [0.5, 0.6) is 0 Å². The summed E-state index contributed by atoms with van der Waals surface area (Å²) in [5.41, 5.74) is 9.60. The molecule has 2 rings (SSSR count). The number of aromatic nitrogens is 2. The van der Waals surface area contributed by atoms with Gasteiger partial charge in [0.05, 0.1) is 11.3 Å². The number of nitrogen functional groups attached to an aromatic ring is 1. The minimum atomic E-state index is -0.00952. The first-order valence-electron chi connectivity index (χ1n) is 7.13. The lowest BCUT2D eigenvalue weighted by molar-refractivity contribution is 0.0985. The summed E-state index contributed by atoms with van der Waals surface area (Å²) in [6.07, 6.45) is 0.883. The van der Waals surface area contributed by atoms with Crippen molar-refractivity contribution in [3.8, 4) is 0 Å². The molecule has 0 radical (unpaired) electrons. The SMILES string of the molecule is CCCN(C(=O)c1c(C)nn(C)c1C)c1ccc(N)cc1. The van der Waals surface area contributed by atoms with E-state index in [-0.39, 0.29) is 5.91 Å². The molecular formula is C16H22N4O. The highest BCUT2D eigenvalue weighted by Gasteiger charge is 2.23. The predicted molar refractivity (Wildman–Crippen MR) is 85.5 cm³/mol. The molecule has 0 atom stereocenters. The Balaban J connectivity index is 2.42. The van der Waals surface area contributed by atoms with E-state index in [0.717, 1.165) is 23.5 Å². The third-order valence-corrected chi connectivity index (χ3v) is 3.62. The zero-order valence-corrected chi connectivity index (χ0v) is 13.1. The number of aryl methyl sites for hydroxylation is 2. The van der Waals surface area contributed by atoms with E-state index in [1.165, 1.54) is 0 Å². The van der Waals surface area contributed by atoms with Crippen LogP contribution in [0.2, 0.25) is 0 Å². The van der Waals surface area contributed by atoms with Crippen LogP contribution in [0.4, 0.5) is 11.4 Å². The molecule has 1 aromatic carbocycles. The van der Waals surface area contributed by atoms with Crippen molar-refractivity contribution in [2.24, 2.45) is 7.05 Å². The van der Waals surface area contributed by atoms with Crippen LogP contribution in [-0.4, -0.2) is 22.2 Å². The Morgan fingerprint density at radius 3 is 2.38 bits per heavy atom. The first-order chi connectivity index (χ1) is 9.95. The first kappa shape index (κ1) is 15.1. The molecule has 5 nitrogen and oxygen atoms in total. The molecule has 1 amide bonds. The van der Waals surface area contributed by atoms with E-state index in [0.29, 0.717) is 17.8 Å². The van der Waals surface area contributed by atoms with Gasteiger partial charge in [-0.25, -0.2) is 0 Å². The zero-order valence-electron chi connectivity index (χ0n) is 13.1. The molecule has 0 aliphatic heterocycles. The van der Waals surface area contributed by atoms with Gasteiger partial charge < -0.3 is 10.6 Å². The molecule has 0 aliphatic carbocycles. The van der Waals surface area contributed by atoms with E-state index >= 15 is 0 Å². The van der Waals surface area contributed by atoms with Crippen LogP contribution in [0, 0.1) is 13.8 Å². The highest BCUT2D eigenvalue weighted by molar-refractivity contribution is 6.07. The van der Waals surface area contributed by atoms with Crippen molar-refractivity contribution in [2.75, 3.05) is 17.2 Å². The van der Waals surface area contributed by atoms with Crippen LogP contribution in [0.3, 0.4) is 0 Å². The Bertz CT molecular complexity index is 643. The fraction of sp³-hybridized carbons (Fsp3) is 0.375. The van der Waals surface area contributed by atoms with E-state index in [4.69, 9.17) is 5.73 Å². The quantitative estimate of drug-likeness (QED) is 0.879. The van der Waals surface area contributed by atoms with Gasteiger partial charge in [0.25, 0.3) is 5.91 Å². The summed E-state index contributed by atoms with van der Waals surface area (Å²) in [4.78, 5) is 14.7. The van der Waals surface area contributed by atoms with Gasteiger partial charge in [-0.1, -0.05) is 6.92 Å². The summed E-state index contributed by atoms with van der Waals surface area (Å²) >= 11 is 0. The largest absolute Gasteiger partial charge is 0.399 e. The van der Waals surface area contributed by atoms with Gasteiger partial charge in [0.1, 0.15) is 0 Å². The summed E-state index contributed by atoms with van der Waals surface area (Å²) in [6, 6.07) is 7.39. The Kier molecular flexibility index (Phi) is 4.31. The molecule has 1 aromatic heterocycles. The second-order valence-corrected chi connectivity index (χ2v) is 5.22. The average Bonchev–Trinajstić information content (AvgIpc) is 2.70. The van der Waals surface area contributed by atoms with E-state index in [1.807, 2.05) is 45.2 Å². The van der Waals surface area contributed by atoms with Gasteiger partial charge in [0, 0.05) is 30.7 Å². The molecule has 2 N–H and O–H groups in total. The molecule has 0 saturated carbocycles. The van der Waals surface area contributed by atoms with Crippen molar-refractivity contribution >= 4 is 17.3 Å². The van der Waals surface area contributed by atoms with Crippen molar-refractivity contribution in [3.63, 3.8) is 0 Å². The minimum Gasteiger partial charge on any atom is -0.399 e. The fourth-order valence-corrected chi connectivity index (χ4v) is 2.44. The van der Waals surface area contributed by atoms with E-state index in [1.54, 1.807) is 9.58 Å². The van der Waals surface area contributed by atoms with E-state index < -0.39 is 0 Å². The number of nitrogens with zero attached hydrogens (tertiary/aromatic N) is 3. The van der Waals surface area contributed by atoms with Crippen LogP contribution in [0.25, 0.3) is 0 Å². The summed E-state index contributed by atoms with van der Waals surface area (Å²) in [5.74, 6) is -0.00952. The molecule has 0 aliphatic rings. The van der Waals surface area contributed by atoms with E-state index in [2.05, 4.69) is 12.0 Å². The molecule has 0 bridgehead atoms. The first-order valence-corrected chi connectivity index (χ1v) is 7.13. The average molecular weight is 286 g/mol. The van der Waals surface area contributed by atoms with Gasteiger partial charge in [-0.2, -0.15) is 5.10 Å². The normalized spacial score (nSPS) is 10.7. The summed E-state index contributed by atoms with van der Waals surface area (Å²) in [5, 5.41) is 4.33. The molecule has 21 heavy (non-hydrogen) atoms. The molecule has 0 spiro atoms. The Hall–Kier alpha value is -2.30. The standard InChI is InChI=1S/C16H22N4O/c1-5-10-20(14-8-6-13(17)7-9-14)16(21)15-11(2)18-19(4)12(15)3/h6-9H,5,10,17H2,1-4H3. The lowest BCUT2D eigenvalue weighted by Crippen LogP contribution is -2.32. The smallest absolute Gasteiger partial charge is 0.262 e. The molecule has 1 heterocycles. The summed E-state index contributed by atoms with van der Waals surface area (Å²) in [6.45, 7) is 6.50. The molecule has 0 unspecified atom stereocenters. The van der Waals surface area contributed by atoms with Crippen LogP contribution in [0.15, 0.2) is 24.3 Å². The van der Waals surface area contributed by atoms with Crippen LogP contribution < -0.4 is 10.6 Å². The zero-order chi connectivity index (χ0) is 15.6. The maximum Gasteiger partial charge on any atom is 0.262 e. The van der Waals surface area contributed by atoms with Crippen molar-refractivity contribution in [1.82, 2.24) is 9.78 Å². The maximum absolute atomic E-state index is 12.9. The van der Waals surface area contributed by atoms with Gasteiger partial charge in [0.15, 0.2) is 0 Å². The Labute approximate surface area is 125 Å². The minimum absolute atomic E-state index is 0.00952. The van der Waals surface area contributed by atoms with E-state index in [9.17, 15) is 4.79 Å². The van der Waals surface area contributed by atoms with Crippen LogP contribution in [-0.2, 0) is 7.05 Å². The highest BCUT2D eigenvalue weighted by atomic mass is 16.2. The maximum atomic E-state index is 12.9. The van der Waals surface area contributed by atoms with Crippen LogP contribution >= 0.6 is 0 Å². The Morgan fingerprint density at radius 2 is 1.90 bits per heavy atom. The van der Waals surface area contributed by atoms with Gasteiger partial charge in [-0.05, 0) is 44.5 Å². The van der Waals surface area contributed by atoms with Gasteiger partial charge in [-0.15, -0.1) is 0 Å². The number of anilines is 2. The number of hydrogen-bond donors (Lipinski definition) is 1. The van der Waals surface area contributed by atoms with Crippen molar-refractivity contribution in [3.05, 3.63) is 41.2 Å². The van der Waals surface area contributed by atoms with Gasteiger partial charge >= 0.3 is 0 Å². The molecule has 0 saturated heterocycles. The number of benzene rings is 1. The van der Waals surface area contributed by atoms with Crippen molar-refractivity contribution in [2.45, 2.75) is 27.2 Å². The Morgan fingerprint density at radius 1 is 1.29 bits per heavy atom. The molecule has 2 aromatic rings. The summed E-state index contributed by atoms with van der Waals surface area (Å²) < 4.78 is 1.75.